The second-order valence-electron chi connectivity index (χ2n) is 10.3. The van der Waals surface area contributed by atoms with Gasteiger partial charge in [0, 0.05) is 55.3 Å². The van der Waals surface area contributed by atoms with Gasteiger partial charge in [-0.2, -0.15) is 0 Å². The maximum absolute atomic E-state index is 13.6. The molecule has 1 amide bonds. The Balaban J connectivity index is 1.48. The number of carbonyl (C=O) groups is 1. The first-order chi connectivity index (χ1) is 20.0. The summed E-state index contributed by atoms with van der Waals surface area (Å²) in [6.07, 6.45) is 6.69. The largest absolute Gasteiger partial charge is 0.377 e. The van der Waals surface area contributed by atoms with Crippen LogP contribution in [0.25, 0.3) is 10.9 Å². The van der Waals surface area contributed by atoms with Crippen LogP contribution in [-0.4, -0.2) is 54.0 Å². The second-order valence-corrected chi connectivity index (χ2v) is 12.2. The van der Waals surface area contributed by atoms with Crippen molar-refractivity contribution in [3.05, 3.63) is 79.8 Å². The average molecular weight is 630 g/mol. The molecule has 1 fully saturated rings. The van der Waals surface area contributed by atoms with Gasteiger partial charge in [0.15, 0.2) is 5.69 Å². The molecule has 14 heteroatoms. The van der Waals surface area contributed by atoms with Gasteiger partial charge >= 0.3 is 0 Å². The number of rotatable bonds is 7. The van der Waals surface area contributed by atoms with E-state index in [4.69, 9.17) is 28.2 Å². The third-order valence-corrected chi connectivity index (χ3v) is 8.20. The Morgan fingerprint density at radius 3 is 2.52 bits per heavy atom. The molecule has 1 aromatic carbocycles. The third-order valence-electron chi connectivity index (χ3n) is 7.30. The first-order valence-corrected chi connectivity index (χ1v) is 15.6. The minimum atomic E-state index is -1.59. The molecule has 220 valence electrons. The zero-order chi connectivity index (χ0) is 30.1. The number of benzene rings is 1. The van der Waals surface area contributed by atoms with Crippen molar-refractivity contribution in [3.63, 3.8) is 0 Å². The van der Waals surface area contributed by atoms with Gasteiger partial charge in [-0.25, -0.2) is 14.2 Å². The molecule has 2 unspecified atom stereocenters. The maximum Gasteiger partial charge on any atom is 0.283 e. The number of nitrogens with zero attached hydrogens (tertiary/aromatic N) is 6. The van der Waals surface area contributed by atoms with Crippen molar-refractivity contribution < 1.29 is 9.00 Å². The van der Waals surface area contributed by atoms with Gasteiger partial charge in [-0.05, 0) is 51.0 Å². The van der Waals surface area contributed by atoms with E-state index in [-0.39, 0.29) is 22.3 Å². The van der Waals surface area contributed by atoms with E-state index in [1.165, 1.54) is 6.26 Å². The molecule has 0 aliphatic carbocycles. The van der Waals surface area contributed by atoms with Crippen molar-refractivity contribution in [2.75, 3.05) is 29.6 Å². The molecule has 1 aliphatic rings. The van der Waals surface area contributed by atoms with Crippen LogP contribution in [0.4, 0.5) is 11.6 Å². The highest BCUT2D eigenvalue weighted by Crippen LogP contribution is 2.32. The number of carbonyl (C=O) groups excluding carboxylic acids is 1. The van der Waals surface area contributed by atoms with Crippen LogP contribution in [0.1, 0.15) is 59.2 Å². The smallest absolute Gasteiger partial charge is 0.283 e. The number of halogens is 2. The SMILES string of the molecule is Cc1cnc(C2CCN(c3nc4c(C(C)Nc5ccc(Cl)nc5C(=O)NS(C)=O)cc(Cl)cc4c(=O)n3C)CC2)cn1. The maximum atomic E-state index is 13.6. The highest BCUT2D eigenvalue weighted by Gasteiger charge is 2.26. The van der Waals surface area contributed by atoms with Gasteiger partial charge in [0.2, 0.25) is 5.95 Å². The van der Waals surface area contributed by atoms with Crippen LogP contribution in [0.15, 0.2) is 41.5 Å². The van der Waals surface area contributed by atoms with Crippen LogP contribution in [-0.2, 0) is 18.0 Å². The van der Waals surface area contributed by atoms with Gasteiger partial charge in [-0.15, -0.1) is 0 Å². The number of aromatic nitrogens is 5. The highest BCUT2D eigenvalue weighted by atomic mass is 35.5. The van der Waals surface area contributed by atoms with E-state index in [1.807, 2.05) is 20.0 Å². The lowest BCUT2D eigenvalue weighted by atomic mass is 9.94. The van der Waals surface area contributed by atoms with E-state index >= 15 is 0 Å². The molecule has 5 rings (SSSR count). The van der Waals surface area contributed by atoms with Gasteiger partial charge in [0.1, 0.15) is 16.1 Å². The minimum absolute atomic E-state index is 0.0124. The average Bonchev–Trinajstić information content (AvgIpc) is 2.96. The molecular formula is C28H30Cl2N8O3S. The number of anilines is 2. The lowest BCUT2D eigenvalue weighted by Gasteiger charge is -2.33. The van der Waals surface area contributed by atoms with Gasteiger partial charge < -0.3 is 10.2 Å². The summed E-state index contributed by atoms with van der Waals surface area (Å²) >= 11 is 12.5. The van der Waals surface area contributed by atoms with Gasteiger partial charge in [-0.1, -0.05) is 23.2 Å². The topological polar surface area (TPSA) is 135 Å². The summed E-state index contributed by atoms with van der Waals surface area (Å²) in [4.78, 5) is 46.4. The van der Waals surface area contributed by atoms with Crippen LogP contribution in [0.3, 0.4) is 0 Å². The number of aryl methyl sites for hydroxylation is 1. The molecule has 1 aliphatic heterocycles. The lowest BCUT2D eigenvalue weighted by Crippen LogP contribution is -2.38. The predicted molar refractivity (Wildman–Crippen MR) is 166 cm³/mol. The third kappa shape index (κ3) is 6.25. The zero-order valence-corrected chi connectivity index (χ0v) is 25.8. The monoisotopic (exact) mass is 628 g/mol. The number of amides is 1. The van der Waals surface area contributed by atoms with E-state index in [1.54, 1.807) is 42.1 Å². The second kappa shape index (κ2) is 12.3. The fraction of sp³-hybridized carbons (Fsp3) is 0.357. The summed E-state index contributed by atoms with van der Waals surface area (Å²) < 4.78 is 15.5. The summed E-state index contributed by atoms with van der Waals surface area (Å²) in [7, 11) is 0.122. The molecule has 0 radical (unpaired) electrons. The predicted octanol–water partition coefficient (Wildman–Crippen LogP) is 4.31. The molecular weight excluding hydrogens is 599 g/mol. The van der Waals surface area contributed by atoms with E-state index < -0.39 is 22.9 Å². The first-order valence-electron chi connectivity index (χ1n) is 13.3. The van der Waals surface area contributed by atoms with Gasteiger partial charge in [-0.3, -0.25) is 28.8 Å². The summed E-state index contributed by atoms with van der Waals surface area (Å²) in [5.41, 5.74) is 3.18. The van der Waals surface area contributed by atoms with Crippen LogP contribution in [0.5, 0.6) is 0 Å². The van der Waals surface area contributed by atoms with Gasteiger partial charge in [0.25, 0.3) is 11.5 Å². The standard InChI is InChI=1S/C28H30Cl2N8O3S/c1-15-13-32-22(14-31-15)17-7-9-38(10-8-17)28-35-24-19(11-18(29)12-20(24)27(40)37(28)3)16(2)33-21-5-6-23(30)34-25(21)26(39)36-42(4)41/h5-6,11-14,16-17,33H,7-10H2,1-4H3,(H,36,39). The van der Waals surface area contributed by atoms with Gasteiger partial charge in [0.05, 0.1) is 34.0 Å². The van der Waals surface area contributed by atoms with E-state index in [9.17, 15) is 13.8 Å². The number of pyridine rings is 1. The number of hydrogen-bond acceptors (Lipinski definition) is 9. The summed E-state index contributed by atoms with van der Waals surface area (Å²) in [6, 6.07) is 6.08. The van der Waals surface area contributed by atoms with E-state index in [0.29, 0.717) is 46.2 Å². The Hall–Kier alpha value is -3.61. The zero-order valence-electron chi connectivity index (χ0n) is 23.5. The van der Waals surface area contributed by atoms with Crippen LogP contribution in [0, 0.1) is 6.92 Å². The Morgan fingerprint density at radius 1 is 1.12 bits per heavy atom. The molecule has 2 N–H and O–H groups in total. The normalized spacial score (nSPS) is 15.4. The number of piperidine rings is 1. The molecule has 11 nitrogen and oxygen atoms in total. The molecule has 3 aromatic heterocycles. The lowest BCUT2D eigenvalue weighted by molar-refractivity contribution is 0.0979. The molecule has 0 bridgehead atoms. The number of nitrogens with one attached hydrogen (secondary N) is 2. The van der Waals surface area contributed by atoms with Crippen molar-refractivity contribution in [1.29, 1.82) is 0 Å². The fourth-order valence-corrected chi connectivity index (χ4v) is 5.90. The Labute approximate surface area is 255 Å². The molecule has 1 saturated heterocycles. The first kappa shape index (κ1) is 29.9. The molecule has 0 spiro atoms. The molecule has 0 saturated carbocycles. The van der Waals surface area contributed by atoms with Crippen molar-refractivity contribution in [3.8, 4) is 0 Å². The van der Waals surface area contributed by atoms with Crippen LogP contribution < -0.4 is 20.5 Å². The molecule has 42 heavy (non-hydrogen) atoms. The highest BCUT2D eigenvalue weighted by molar-refractivity contribution is 7.82. The Bertz CT molecular complexity index is 1740. The molecule has 4 aromatic rings. The Kier molecular flexibility index (Phi) is 8.76. The quantitative estimate of drug-likeness (QED) is 0.287. The number of hydrogen-bond donors (Lipinski definition) is 2. The summed E-state index contributed by atoms with van der Waals surface area (Å²) in [5, 5.41) is 4.15. The van der Waals surface area contributed by atoms with Crippen molar-refractivity contribution in [1.82, 2.24) is 29.2 Å². The summed E-state index contributed by atoms with van der Waals surface area (Å²) in [5.74, 6) is 0.212. The summed E-state index contributed by atoms with van der Waals surface area (Å²) in [6.45, 7) is 5.19. The fourth-order valence-electron chi connectivity index (χ4n) is 5.17. The van der Waals surface area contributed by atoms with Crippen LogP contribution >= 0.6 is 23.2 Å². The van der Waals surface area contributed by atoms with Crippen molar-refractivity contribution >= 4 is 62.6 Å². The molecule has 4 heterocycles. The minimum Gasteiger partial charge on any atom is -0.377 e. The van der Waals surface area contributed by atoms with Crippen molar-refractivity contribution in [2.24, 2.45) is 7.05 Å². The Morgan fingerprint density at radius 2 is 1.86 bits per heavy atom. The van der Waals surface area contributed by atoms with E-state index in [0.717, 1.165) is 24.2 Å². The molecule has 2 atom stereocenters. The van der Waals surface area contributed by atoms with Crippen LogP contribution in [0.2, 0.25) is 10.2 Å². The van der Waals surface area contributed by atoms with Crippen molar-refractivity contribution in [2.45, 2.75) is 38.6 Å². The number of fused-ring (bicyclic) bond motifs is 1. The van der Waals surface area contributed by atoms with E-state index in [2.05, 4.69) is 29.9 Å².